The van der Waals surface area contributed by atoms with E-state index in [0.29, 0.717) is 12.1 Å². The van der Waals surface area contributed by atoms with Crippen LogP contribution in [-0.4, -0.2) is 6.36 Å². The summed E-state index contributed by atoms with van der Waals surface area (Å²) in [5, 5.41) is 0. The molecule has 0 saturated heterocycles. The molecule has 0 unspecified atom stereocenters. The van der Waals surface area contributed by atoms with Crippen molar-refractivity contribution in [2.24, 2.45) is 0 Å². The number of benzene rings is 1. The lowest BCUT2D eigenvalue weighted by Crippen LogP contribution is -2.18. The Kier molecular flexibility index (Phi) is 3.66. The SMILES string of the molecule is Cc1cc(C(F)(F)F)c(Br)cc1OC(F)(F)F. The second kappa shape index (κ2) is 4.40. The molecule has 0 aromatic heterocycles. The molecule has 96 valence electrons. The quantitative estimate of drug-likeness (QED) is 0.682. The minimum absolute atomic E-state index is 0.252. The van der Waals surface area contributed by atoms with Gasteiger partial charge in [0.25, 0.3) is 0 Å². The van der Waals surface area contributed by atoms with Gasteiger partial charge >= 0.3 is 12.5 Å². The zero-order valence-electron chi connectivity index (χ0n) is 8.21. The van der Waals surface area contributed by atoms with Crippen LogP contribution in [-0.2, 0) is 6.18 Å². The Balaban J connectivity index is 3.19. The molecule has 1 aromatic carbocycles. The number of hydrogen-bond acceptors (Lipinski definition) is 1. The van der Waals surface area contributed by atoms with Crippen molar-refractivity contribution in [1.82, 2.24) is 0 Å². The van der Waals surface area contributed by atoms with Crippen LogP contribution >= 0.6 is 15.9 Å². The fourth-order valence-corrected chi connectivity index (χ4v) is 1.66. The van der Waals surface area contributed by atoms with Gasteiger partial charge in [0, 0.05) is 4.47 Å². The predicted molar refractivity (Wildman–Crippen MR) is 50.6 cm³/mol. The van der Waals surface area contributed by atoms with Crippen LogP contribution in [0.1, 0.15) is 11.1 Å². The van der Waals surface area contributed by atoms with Gasteiger partial charge in [-0.05, 0) is 24.6 Å². The smallest absolute Gasteiger partial charge is 0.405 e. The summed E-state index contributed by atoms with van der Waals surface area (Å²) >= 11 is 2.56. The first-order chi connectivity index (χ1) is 7.50. The summed E-state index contributed by atoms with van der Waals surface area (Å²) in [5.41, 5.74) is -1.30. The van der Waals surface area contributed by atoms with Gasteiger partial charge in [0.2, 0.25) is 0 Å². The lowest BCUT2D eigenvalue weighted by atomic mass is 10.1. The van der Waals surface area contributed by atoms with E-state index in [-0.39, 0.29) is 5.56 Å². The predicted octanol–water partition coefficient (Wildman–Crippen LogP) is 4.67. The Morgan fingerprint density at radius 3 is 2.00 bits per heavy atom. The highest BCUT2D eigenvalue weighted by Gasteiger charge is 2.36. The van der Waals surface area contributed by atoms with Gasteiger partial charge in [0.15, 0.2) is 0 Å². The Morgan fingerprint density at radius 2 is 1.59 bits per heavy atom. The van der Waals surface area contributed by atoms with Crippen molar-refractivity contribution in [3.05, 3.63) is 27.7 Å². The normalized spacial score (nSPS) is 12.7. The highest BCUT2D eigenvalue weighted by molar-refractivity contribution is 9.10. The summed E-state index contributed by atoms with van der Waals surface area (Å²) in [6.45, 7) is 1.10. The summed E-state index contributed by atoms with van der Waals surface area (Å²) in [4.78, 5) is 0. The molecular formula is C9H5BrF6O. The third-order valence-electron chi connectivity index (χ3n) is 1.80. The molecule has 0 aliphatic carbocycles. The fourth-order valence-electron chi connectivity index (χ4n) is 1.12. The van der Waals surface area contributed by atoms with E-state index in [0.717, 1.165) is 6.92 Å². The van der Waals surface area contributed by atoms with Gasteiger partial charge in [-0.25, -0.2) is 0 Å². The molecule has 0 bridgehead atoms. The number of alkyl halides is 6. The molecule has 17 heavy (non-hydrogen) atoms. The second-order valence-electron chi connectivity index (χ2n) is 3.14. The first-order valence-electron chi connectivity index (χ1n) is 4.14. The van der Waals surface area contributed by atoms with Crippen molar-refractivity contribution in [2.45, 2.75) is 19.5 Å². The Morgan fingerprint density at radius 1 is 1.06 bits per heavy atom. The summed E-state index contributed by atoms with van der Waals surface area (Å²) in [6.07, 6.45) is -9.58. The summed E-state index contributed by atoms with van der Waals surface area (Å²) in [5.74, 6) is -0.669. The topological polar surface area (TPSA) is 9.23 Å². The minimum atomic E-state index is -4.94. The van der Waals surface area contributed by atoms with Crippen LogP contribution in [0.15, 0.2) is 16.6 Å². The summed E-state index contributed by atoms with van der Waals surface area (Å²) in [7, 11) is 0. The van der Waals surface area contributed by atoms with Gasteiger partial charge in [-0.15, -0.1) is 13.2 Å². The third kappa shape index (κ3) is 3.79. The number of ether oxygens (including phenoxy) is 1. The van der Waals surface area contributed by atoms with Crippen molar-refractivity contribution < 1.29 is 31.1 Å². The molecule has 0 saturated carbocycles. The summed E-state index contributed by atoms with van der Waals surface area (Å²) < 4.78 is 76.1. The van der Waals surface area contributed by atoms with Gasteiger partial charge in [-0.3, -0.25) is 0 Å². The number of hydrogen-bond donors (Lipinski definition) is 0. The van der Waals surface area contributed by atoms with Crippen LogP contribution < -0.4 is 4.74 Å². The Labute approximate surface area is 101 Å². The Bertz CT molecular complexity index is 423. The molecule has 8 heteroatoms. The molecule has 0 amide bonds. The van der Waals surface area contributed by atoms with E-state index in [1.165, 1.54) is 0 Å². The first-order valence-corrected chi connectivity index (χ1v) is 4.93. The van der Waals surface area contributed by atoms with Crippen molar-refractivity contribution in [3.63, 3.8) is 0 Å². The molecule has 0 radical (unpaired) electrons. The fraction of sp³-hybridized carbons (Fsp3) is 0.333. The average molecular weight is 323 g/mol. The molecule has 0 atom stereocenters. The van der Waals surface area contributed by atoms with Crippen LogP contribution in [0.5, 0.6) is 5.75 Å². The lowest BCUT2D eigenvalue weighted by Gasteiger charge is -2.15. The number of rotatable bonds is 1. The molecule has 0 aliphatic heterocycles. The number of halogens is 7. The van der Waals surface area contributed by atoms with Crippen LogP contribution in [0, 0.1) is 6.92 Å². The lowest BCUT2D eigenvalue weighted by molar-refractivity contribution is -0.274. The average Bonchev–Trinajstić information content (AvgIpc) is 2.06. The number of aryl methyl sites for hydroxylation is 1. The van der Waals surface area contributed by atoms with E-state index in [2.05, 4.69) is 20.7 Å². The van der Waals surface area contributed by atoms with E-state index in [4.69, 9.17) is 0 Å². The molecule has 0 aliphatic rings. The van der Waals surface area contributed by atoms with Crippen molar-refractivity contribution >= 4 is 15.9 Å². The van der Waals surface area contributed by atoms with Crippen LogP contribution in [0.4, 0.5) is 26.3 Å². The highest BCUT2D eigenvalue weighted by atomic mass is 79.9. The maximum absolute atomic E-state index is 12.4. The molecule has 0 fully saturated rings. The Hall–Kier alpha value is -0.920. The van der Waals surface area contributed by atoms with Crippen LogP contribution in [0.3, 0.4) is 0 Å². The van der Waals surface area contributed by atoms with Gasteiger partial charge in [-0.2, -0.15) is 13.2 Å². The van der Waals surface area contributed by atoms with Crippen molar-refractivity contribution in [1.29, 1.82) is 0 Å². The van der Waals surface area contributed by atoms with Gasteiger partial charge < -0.3 is 4.74 Å². The van der Waals surface area contributed by atoms with Crippen molar-refractivity contribution in [3.8, 4) is 5.75 Å². The first kappa shape index (κ1) is 14.1. The zero-order chi connectivity index (χ0) is 13.4. The van der Waals surface area contributed by atoms with Crippen LogP contribution in [0.25, 0.3) is 0 Å². The highest BCUT2D eigenvalue weighted by Crippen LogP contribution is 2.39. The molecule has 1 rings (SSSR count). The van der Waals surface area contributed by atoms with Gasteiger partial charge in [-0.1, -0.05) is 15.9 Å². The molecular weight excluding hydrogens is 318 g/mol. The monoisotopic (exact) mass is 322 g/mol. The minimum Gasteiger partial charge on any atom is -0.405 e. The largest absolute Gasteiger partial charge is 0.573 e. The van der Waals surface area contributed by atoms with E-state index >= 15 is 0 Å². The third-order valence-corrected chi connectivity index (χ3v) is 2.45. The molecule has 1 aromatic rings. The molecule has 0 N–H and O–H groups in total. The maximum Gasteiger partial charge on any atom is 0.573 e. The maximum atomic E-state index is 12.4. The van der Waals surface area contributed by atoms with Crippen LogP contribution in [0.2, 0.25) is 0 Å². The molecule has 0 spiro atoms. The van der Waals surface area contributed by atoms with E-state index < -0.39 is 28.3 Å². The summed E-state index contributed by atoms with van der Waals surface area (Å²) in [6, 6.07) is 1.23. The second-order valence-corrected chi connectivity index (χ2v) is 4.00. The van der Waals surface area contributed by atoms with E-state index in [1.807, 2.05) is 0 Å². The zero-order valence-corrected chi connectivity index (χ0v) is 9.79. The van der Waals surface area contributed by atoms with Gasteiger partial charge in [0.1, 0.15) is 5.75 Å². The van der Waals surface area contributed by atoms with Gasteiger partial charge in [0.05, 0.1) is 5.56 Å². The molecule has 0 heterocycles. The van der Waals surface area contributed by atoms with E-state index in [9.17, 15) is 26.3 Å². The molecule has 1 nitrogen and oxygen atoms in total. The van der Waals surface area contributed by atoms with Crippen molar-refractivity contribution in [2.75, 3.05) is 0 Å². The van der Waals surface area contributed by atoms with E-state index in [1.54, 1.807) is 0 Å². The standard InChI is InChI=1S/C9H5BrF6O/c1-4-2-5(8(11,12)13)6(10)3-7(4)17-9(14,15)16/h2-3H,1H3.